The number of rotatable bonds is 9. The van der Waals surface area contributed by atoms with Crippen LogP contribution >= 0.6 is 0 Å². The van der Waals surface area contributed by atoms with Crippen molar-refractivity contribution in [1.82, 2.24) is 5.32 Å². The quantitative estimate of drug-likeness (QED) is 0.187. The van der Waals surface area contributed by atoms with Gasteiger partial charge in [-0.1, -0.05) is 0 Å². The van der Waals surface area contributed by atoms with E-state index in [2.05, 4.69) is 16.8 Å². The van der Waals surface area contributed by atoms with Gasteiger partial charge in [0.05, 0.1) is 25.2 Å². The lowest BCUT2D eigenvalue weighted by molar-refractivity contribution is -0.139. The molecule has 0 aliphatic carbocycles. The van der Waals surface area contributed by atoms with Crippen molar-refractivity contribution in [1.29, 1.82) is 0 Å². The molecule has 0 saturated heterocycles. The highest BCUT2D eigenvalue weighted by Gasteiger charge is 2.30. The first-order valence-electron chi connectivity index (χ1n) is 6.57. The molecule has 0 aliphatic heterocycles. The Balaban J connectivity index is 0. The molecule has 5 atom stereocenters. The number of amides is 3. The number of hydrogen-bond acceptors (Lipinski definition) is 9. The predicted octanol–water partition coefficient (Wildman–Crippen LogP) is -5.64. The Morgan fingerprint density at radius 3 is 1.75 bits per heavy atom. The zero-order valence-corrected chi connectivity index (χ0v) is 12.6. The van der Waals surface area contributed by atoms with Crippen LogP contribution in [0.3, 0.4) is 0 Å². The summed E-state index contributed by atoms with van der Waals surface area (Å²) in [6.07, 6.45) is -7.50. The minimum Gasteiger partial charge on any atom is -0.481 e. The van der Waals surface area contributed by atoms with Gasteiger partial charge in [0, 0.05) is 6.54 Å². The number of carbonyl (C=O) groups excluding carboxylic acids is 2. The summed E-state index contributed by atoms with van der Waals surface area (Å²) in [5.41, 5.74) is 13.8. The second-order valence-corrected chi connectivity index (χ2v) is 4.65. The van der Waals surface area contributed by atoms with Gasteiger partial charge in [-0.3, -0.25) is 9.59 Å². The second-order valence-electron chi connectivity index (χ2n) is 4.65. The Morgan fingerprint density at radius 1 is 0.958 bits per heavy atom. The highest BCUT2D eigenvalue weighted by molar-refractivity contribution is 5.85. The molecule has 0 unspecified atom stereocenters. The standard InChI is InChI=1S/C10H20N2O8.CH4N2O/c11-4(1-7(16)17)10(20)12-2-5(14)8(18)9(19)6(15)3-13;2-1(3)4/h4-6,8-9,13-15,18-19H,1-3,11H2,(H,12,20)(H,16,17);(H4,2,3,4)/t4-,5-,6+,8+,9+;/m0./s1. The first kappa shape index (κ1) is 24.2. The Hall–Kier alpha value is -2.03. The molecule has 0 rings (SSSR count). The number of nitrogens with two attached hydrogens (primary N) is 3. The van der Waals surface area contributed by atoms with Crippen LogP contribution in [-0.2, 0) is 9.59 Å². The average Bonchev–Trinajstić information content (AvgIpc) is 2.48. The van der Waals surface area contributed by atoms with Gasteiger partial charge < -0.3 is 53.2 Å². The Kier molecular flexibility index (Phi) is 12.5. The lowest BCUT2D eigenvalue weighted by atomic mass is 10.0. The van der Waals surface area contributed by atoms with E-state index in [0.717, 1.165) is 0 Å². The zero-order chi connectivity index (χ0) is 19.4. The maximum atomic E-state index is 11.3. The highest BCUT2D eigenvalue weighted by atomic mass is 16.4. The third kappa shape index (κ3) is 11.5. The fraction of sp³-hybridized carbons (Fsp3) is 0.727. The van der Waals surface area contributed by atoms with E-state index in [4.69, 9.17) is 25.8 Å². The predicted molar refractivity (Wildman–Crippen MR) is 78.1 cm³/mol. The second kappa shape index (κ2) is 12.4. The van der Waals surface area contributed by atoms with Crippen molar-refractivity contribution in [3.05, 3.63) is 0 Å². The molecule has 0 aromatic carbocycles. The third-order valence-corrected chi connectivity index (χ3v) is 2.54. The number of carboxylic acid groups (broad SMARTS) is 1. The lowest BCUT2D eigenvalue weighted by Gasteiger charge is -2.26. The van der Waals surface area contributed by atoms with Crippen LogP contribution in [0, 0.1) is 0 Å². The summed E-state index contributed by atoms with van der Waals surface area (Å²) in [6.45, 7) is -1.33. The summed E-state index contributed by atoms with van der Waals surface area (Å²) in [5, 5.41) is 56.4. The molecule has 0 aromatic heterocycles. The van der Waals surface area contributed by atoms with E-state index in [1.165, 1.54) is 0 Å². The van der Waals surface area contributed by atoms with E-state index in [1.807, 2.05) is 0 Å². The first-order valence-corrected chi connectivity index (χ1v) is 6.57. The third-order valence-electron chi connectivity index (χ3n) is 2.54. The van der Waals surface area contributed by atoms with Gasteiger partial charge in [0.15, 0.2) is 0 Å². The molecule has 0 fully saturated rings. The molecule has 0 saturated carbocycles. The maximum Gasteiger partial charge on any atom is 0.309 e. The summed E-state index contributed by atoms with van der Waals surface area (Å²) < 4.78 is 0. The number of aliphatic hydroxyl groups excluding tert-OH is 5. The number of carboxylic acids is 1. The number of hydrogen-bond donors (Lipinski definition) is 10. The van der Waals surface area contributed by atoms with Gasteiger partial charge in [0.2, 0.25) is 5.91 Å². The van der Waals surface area contributed by atoms with Gasteiger partial charge in [-0.2, -0.15) is 0 Å². The van der Waals surface area contributed by atoms with Crippen molar-refractivity contribution in [2.24, 2.45) is 17.2 Å². The molecule has 0 aliphatic rings. The number of carbonyl (C=O) groups is 3. The van der Waals surface area contributed by atoms with Crippen LogP contribution in [0.4, 0.5) is 4.79 Å². The SMILES string of the molecule is NC(N)=O.N[C@@H](CC(=O)O)C(=O)NC[C@H](O)[C@@H](O)[C@H](O)[C@H](O)CO. The minimum absolute atomic E-state index is 0.511. The molecule has 0 bridgehead atoms. The molecule has 13 N–H and O–H groups in total. The fourth-order valence-corrected chi connectivity index (χ4v) is 1.30. The highest BCUT2D eigenvalue weighted by Crippen LogP contribution is 2.04. The molecule has 0 aromatic rings. The summed E-state index contributed by atoms with van der Waals surface area (Å²) >= 11 is 0. The molecule has 13 nitrogen and oxygen atoms in total. The summed E-state index contributed by atoms with van der Waals surface area (Å²) in [4.78, 5) is 30.6. The smallest absolute Gasteiger partial charge is 0.309 e. The Bertz CT molecular complexity index is 405. The van der Waals surface area contributed by atoms with E-state index in [9.17, 15) is 24.9 Å². The van der Waals surface area contributed by atoms with Crippen molar-refractivity contribution >= 4 is 17.9 Å². The van der Waals surface area contributed by atoms with Crippen molar-refractivity contribution in [3.63, 3.8) is 0 Å². The molecule has 0 heterocycles. The van der Waals surface area contributed by atoms with Gasteiger partial charge in [0.25, 0.3) is 0 Å². The van der Waals surface area contributed by atoms with Crippen LogP contribution in [0.2, 0.25) is 0 Å². The van der Waals surface area contributed by atoms with Crippen LogP contribution in [0.15, 0.2) is 0 Å². The number of aliphatic hydroxyl groups is 5. The van der Waals surface area contributed by atoms with Crippen molar-refractivity contribution in [2.75, 3.05) is 13.2 Å². The van der Waals surface area contributed by atoms with Gasteiger partial charge in [-0.15, -0.1) is 0 Å². The normalized spacial score (nSPS) is 16.6. The minimum atomic E-state index is -1.81. The van der Waals surface area contributed by atoms with Crippen molar-refractivity contribution in [2.45, 2.75) is 36.9 Å². The van der Waals surface area contributed by atoms with Crippen molar-refractivity contribution in [3.8, 4) is 0 Å². The molecule has 13 heteroatoms. The molecular weight excluding hydrogens is 332 g/mol. The zero-order valence-electron chi connectivity index (χ0n) is 12.6. The number of urea groups is 1. The monoisotopic (exact) mass is 356 g/mol. The fourth-order valence-electron chi connectivity index (χ4n) is 1.30. The van der Waals surface area contributed by atoms with E-state index in [-0.39, 0.29) is 0 Å². The summed E-state index contributed by atoms with van der Waals surface area (Å²) in [7, 11) is 0. The molecule has 0 spiro atoms. The molecule has 142 valence electrons. The number of primary amides is 2. The molecule has 24 heavy (non-hydrogen) atoms. The first-order chi connectivity index (χ1) is 10.9. The average molecular weight is 356 g/mol. The summed E-state index contributed by atoms with van der Waals surface area (Å²) in [6, 6.07) is -2.15. The van der Waals surface area contributed by atoms with Crippen LogP contribution in [0.1, 0.15) is 6.42 Å². The van der Waals surface area contributed by atoms with Gasteiger partial charge in [-0.25, -0.2) is 4.79 Å². The molecular formula is C11H24N4O9. The van der Waals surface area contributed by atoms with Gasteiger partial charge in [0.1, 0.15) is 18.3 Å². The van der Waals surface area contributed by atoms with E-state index < -0.39 is 67.9 Å². The molecule has 0 radical (unpaired) electrons. The van der Waals surface area contributed by atoms with E-state index in [0.29, 0.717) is 0 Å². The van der Waals surface area contributed by atoms with E-state index in [1.54, 1.807) is 0 Å². The summed E-state index contributed by atoms with van der Waals surface area (Å²) in [5.74, 6) is -2.12. The van der Waals surface area contributed by atoms with Crippen LogP contribution < -0.4 is 22.5 Å². The topological polar surface area (TPSA) is 263 Å². The van der Waals surface area contributed by atoms with Crippen LogP contribution in [0.25, 0.3) is 0 Å². The van der Waals surface area contributed by atoms with Gasteiger partial charge in [-0.05, 0) is 0 Å². The van der Waals surface area contributed by atoms with Gasteiger partial charge >= 0.3 is 12.0 Å². The largest absolute Gasteiger partial charge is 0.481 e. The lowest BCUT2D eigenvalue weighted by Crippen LogP contribution is -2.51. The van der Waals surface area contributed by atoms with Crippen LogP contribution in [0.5, 0.6) is 0 Å². The van der Waals surface area contributed by atoms with Crippen LogP contribution in [-0.4, -0.2) is 92.2 Å². The van der Waals surface area contributed by atoms with Crippen molar-refractivity contribution < 1.29 is 45.0 Å². The number of aliphatic carboxylic acids is 1. The Labute approximate surface area is 136 Å². The van der Waals surface area contributed by atoms with E-state index >= 15 is 0 Å². The maximum absolute atomic E-state index is 11.3. The number of nitrogens with one attached hydrogen (secondary N) is 1. The molecule has 3 amide bonds. The Morgan fingerprint density at radius 2 is 1.38 bits per heavy atom.